The predicted molar refractivity (Wildman–Crippen MR) is 94.1 cm³/mol. The topological polar surface area (TPSA) is 26.0 Å². The lowest BCUT2D eigenvalue weighted by Gasteiger charge is -2.04. The minimum Gasteiger partial charge on any atom is -0.436 e. The van der Waals surface area contributed by atoms with Crippen LogP contribution in [0.1, 0.15) is 11.1 Å². The van der Waals surface area contributed by atoms with Gasteiger partial charge in [0, 0.05) is 10.0 Å². The molecule has 1 aromatic heterocycles. The standard InChI is InChI=1S/C19H14BrNO/c1-11-9-12(2)18-17(10-11)21-19(22-18)15-7-3-6-14-13(15)5-4-8-16(14)20/h3-10H,1-2H3. The zero-order chi connectivity index (χ0) is 15.3. The normalized spacial score (nSPS) is 11.4. The van der Waals surface area contributed by atoms with Gasteiger partial charge in [-0.25, -0.2) is 4.98 Å². The molecular weight excluding hydrogens is 338 g/mol. The van der Waals surface area contributed by atoms with E-state index in [1.54, 1.807) is 0 Å². The largest absolute Gasteiger partial charge is 0.436 e. The first kappa shape index (κ1) is 13.5. The quantitative estimate of drug-likeness (QED) is 0.418. The van der Waals surface area contributed by atoms with Crippen LogP contribution in [0, 0.1) is 13.8 Å². The van der Waals surface area contributed by atoms with Gasteiger partial charge in [-0.15, -0.1) is 0 Å². The van der Waals surface area contributed by atoms with Crippen LogP contribution in [0.4, 0.5) is 0 Å². The average Bonchev–Trinajstić information content (AvgIpc) is 2.91. The monoisotopic (exact) mass is 351 g/mol. The summed E-state index contributed by atoms with van der Waals surface area (Å²) in [6.45, 7) is 4.14. The molecule has 108 valence electrons. The summed E-state index contributed by atoms with van der Waals surface area (Å²) in [5.74, 6) is 0.674. The molecule has 1 heterocycles. The molecule has 22 heavy (non-hydrogen) atoms. The number of hydrogen-bond acceptors (Lipinski definition) is 2. The van der Waals surface area contributed by atoms with E-state index in [2.05, 4.69) is 60.1 Å². The Bertz CT molecular complexity index is 1020. The summed E-state index contributed by atoms with van der Waals surface area (Å²) in [6.07, 6.45) is 0. The van der Waals surface area contributed by atoms with Crippen LogP contribution in [-0.4, -0.2) is 4.98 Å². The fourth-order valence-electron chi connectivity index (χ4n) is 2.95. The third-order valence-corrected chi connectivity index (χ3v) is 4.61. The highest BCUT2D eigenvalue weighted by atomic mass is 79.9. The molecule has 3 aromatic carbocycles. The van der Waals surface area contributed by atoms with Gasteiger partial charge in [0.25, 0.3) is 0 Å². The fourth-order valence-corrected chi connectivity index (χ4v) is 3.45. The molecule has 0 saturated heterocycles. The molecule has 0 radical (unpaired) electrons. The van der Waals surface area contributed by atoms with E-state index >= 15 is 0 Å². The van der Waals surface area contributed by atoms with Gasteiger partial charge in [0.05, 0.1) is 0 Å². The van der Waals surface area contributed by atoms with Crippen molar-refractivity contribution in [3.63, 3.8) is 0 Å². The molecule has 0 spiro atoms. The average molecular weight is 352 g/mol. The second-order valence-electron chi connectivity index (χ2n) is 5.59. The van der Waals surface area contributed by atoms with Crippen LogP contribution in [0.3, 0.4) is 0 Å². The Morgan fingerprint density at radius 2 is 1.73 bits per heavy atom. The SMILES string of the molecule is Cc1cc(C)c2oc(-c3cccc4c(Br)cccc34)nc2c1. The van der Waals surface area contributed by atoms with Crippen molar-refractivity contribution in [2.75, 3.05) is 0 Å². The Hall–Kier alpha value is -2.13. The number of aromatic nitrogens is 1. The van der Waals surface area contributed by atoms with Crippen LogP contribution < -0.4 is 0 Å². The first-order chi connectivity index (χ1) is 10.6. The maximum atomic E-state index is 6.06. The molecule has 0 aliphatic rings. The van der Waals surface area contributed by atoms with Crippen LogP contribution in [0.2, 0.25) is 0 Å². The third-order valence-electron chi connectivity index (χ3n) is 3.92. The van der Waals surface area contributed by atoms with Crippen molar-refractivity contribution in [3.8, 4) is 11.5 Å². The zero-order valence-electron chi connectivity index (χ0n) is 12.4. The van der Waals surface area contributed by atoms with Crippen LogP contribution in [0.25, 0.3) is 33.3 Å². The van der Waals surface area contributed by atoms with E-state index < -0.39 is 0 Å². The van der Waals surface area contributed by atoms with Gasteiger partial charge in [-0.3, -0.25) is 0 Å². The Labute approximate surface area is 136 Å². The highest BCUT2D eigenvalue weighted by Gasteiger charge is 2.13. The van der Waals surface area contributed by atoms with Crippen molar-refractivity contribution < 1.29 is 4.42 Å². The molecule has 0 aliphatic heterocycles. The number of rotatable bonds is 1. The third kappa shape index (κ3) is 2.04. The minimum atomic E-state index is 0.674. The molecule has 4 rings (SSSR count). The van der Waals surface area contributed by atoms with Gasteiger partial charge in [0.15, 0.2) is 5.58 Å². The molecule has 0 bridgehead atoms. The maximum absolute atomic E-state index is 6.06. The molecule has 2 nitrogen and oxygen atoms in total. The smallest absolute Gasteiger partial charge is 0.227 e. The summed E-state index contributed by atoms with van der Waals surface area (Å²) in [5.41, 5.74) is 5.12. The van der Waals surface area contributed by atoms with E-state index in [4.69, 9.17) is 9.40 Å². The Morgan fingerprint density at radius 1 is 0.955 bits per heavy atom. The molecule has 0 unspecified atom stereocenters. The lowest BCUT2D eigenvalue weighted by molar-refractivity contribution is 0.618. The lowest BCUT2D eigenvalue weighted by atomic mass is 10.0. The Morgan fingerprint density at radius 3 is 2.59 bits per heavy atom. The summed E-state index contributed by atoms with van der Waals surface area (Å²) in [7, 11) is 0. The van der Waals surface area contributed by atoms with Gasteiger partial charge in [0.1, 0.15) is 5.52 Å². The second-order valence-corrected chi connectivity index (χ2v) is 6.44. The highest BCUT2D eigenvalue weighted by Crippen LogP contribution is 2.34. The molecule has 0 fully saturated rings. The molecule has 0 N–H and O–H groups in total. The lowest BCUT2D eigenvalue weighted by Crippen LogP contribution is -1.82. The zero-order valence-corrected chi connectivity index (χ0v) is 13.9. The number of hydrogen-bond donors (Lipinski definition) is 0. The molecule has 0 atom stereocenters. The van der Waals surface area contributed by atoms with Crippen molar-refractivity contribution in [1.82, 2.24) is 4.98 Å². The fraction of sp³-hybridized carbons (Fsp3) is 0.105. The van der Waals surface area contributed by atoms with E-state index in [-0.39, 0.29) is 0 Å². The first-order valence-electron chi connectivity index (χ1n) is 7.19. The van der Waals surface area contributed by atoms with Crippen molar-refractivity contribution in [2.24, 2.45) is 0 Å². The van der Waals surface area contributed by atoms with Gasteiger partial charge in [-0.1, -0.05) is 46.3 Å². The van der Waals surface area contributed by atoms with Crippen LogP contribution in [0.5, 0.6) is 0 Å². The number of benzene rings is 3. The Balaban J connectivity index is 2.03. The number of aryl methyl sites for hydroxylation is 2. The van der Waals surface area contributed by atoms with Crippen LogP contribution >= 0.6 is 15.9 Å². The number of nitrogens with zero attached hydrogens (tertiary/aromatic N) is 1. The summed E-state index contributed by atoms with van der Waals surface area (Å²) in [4.78, 5) is 4.70. The molecule has 0 aliphatic carbocycles. The highest BCUT2D eigenvalue weighted by molar-refractivity contribution is 9.10. The van der Waals surface area contributed by atoms with Crippen LogP contribution in [0.15, 0.2) is 57.4 Å². The van der Waals surface area contributed by atoms with Crippen molar-refractivity contribution in [3.05, 3.63) is 64.1 Å². The molecular formula is C19H14BrNO. The molecule has 4 aromatic rings. The predicted octanol–water partition coefficient (Wildman–Crippen LogP) is 6.03. The van der Waals surface area contributed by atoms with Crippen molar-refractivity contribution in [1.29, 1.82) is 0 Å². The second kappa shape index (κ2) is 4.96. The Kier molecular flexibility index (Phi) is 3.05. The van der Waals surface area contributed by atoms with Gasteiger partial charge in [-0.2, -0.15) is 0 Å². The van der Waals surface area contributed by atoms with Gasteiger partial charge in [0.2, 0.25) is 5.89 Å². The number of fused-ring (bicyclic) bond motifs is 2. The van der Waals surface area contributed by atoms with E-state index in [1.165, 1.54) is 5.56 Å². The summed E-state index contributed by atoms with van der Waals surface area (Å²) in [6, 6.07) is 16.6. The van der Waals surface area contributed by atoms with E-state index in [1.807, 2.05) is 18.2 Å². The van der Waals surface area contributed by atoms with Crippen molar-refractivity contribution >= 4 is 37.8 Å². The van der Waals surface area contributed by atoms with Gasteiger partial charge in [-0.05, 0) is 53.9 Å². The summed E-state index contributed by atoms with van der Waals surface area (Å²) >= 11 is 3.61. The van der Waals surface area contributed by atoms with Crippen molar-refractivity contribution in [2.45, 2.75) is 13.8 Å². The summed E-state index contributed by atoms with van der Waals surface area (Å²) < 4.78 is 7.14. The van der Waals surface area contributed by atoms with Crippen LogP contribution in [-0.2, 0) is 0 Å². The molecule has 0 amide bonds. The summed E-state index contributed by atoms with van der Waals surface area (Å²) in [5, 5.41) is 2.30. The molecule has 0 saturated carbocycles. The van der Waals surface area contributed by atoms with E-state index in [9.17, 15) is 0 Å². The number of oxazole rings is 1. The van der Waals surface area contributed by atoms with Gasteiger partial charge < -0.3 is 4.42 Å². The minimum absolute atomic E-state index is 0.674. The first-order valence-corrected chi connectivity index (χ1v) is 7.98. The maximum Gasteiger partial charge on any atom is 0.227 e. The molecule has 3 heteroatoms. The van der Waals surface area contributed by atoms with E-state index in [0.29, 0.717) is 5.89 Å². The number of halogens is 1. The van der Waals surface area contributed by atoms with E-state index in [0.717, 1.165) is 37.5 Å². The van der Waals surface area contributed by atoms with Gasteiger partial charge >= 0.3 is 0 Å².